The number of rotatable bonds is 6. The van der Waals surface area contributed by atoms with E-state index in [1.165, 1.54) is 25.9 Å². The highest BCUT2D eigenvalue weighted by molar-refractivity contribution is 5.89. The Kier molecular flexibility index (Phi) is 5.16. The van der Waals surface area contributed by atoms with E-state index in [-0.39, 0.29) is 0 Å². The molecule has 0 atom stereocenters. The van der Waals surface area contributed by atoms with Crippen molar-refractivity contribution < 1.29 is 9.53 Å². The Balaban J connectivity index is 1.43. The Morgan fingerprint density at radius 2 is 2.04 bits per heavy atom. The van der Waals surface area contributed by atoms with E-state index in [0.717, 1.165) is 29.8 Å². The van der Waals surface area contributed by atoms with Gasteiger partial charge in [-0.3, -0.25) is 4.79 Å². The highest BCUT2D eigenvalue weighted by atomic mass is 16.5. The van der Waals surface area contributed by atoms with Crippen molar-refractivity contribution in [2.45, 2.75) is 19.3 Å². The second-order valence-corrected chi connectivity index (χ2v) is 7.20. The van der Waals surface area contributed by atoms with Gasteiger partial charge in [-0.05, 0) is 69.6 Å². The molecule has 6 nitrogen and oxygen atoms in total. The predicted octanol–water partition coefficient (Wildman–Crippen LogP) is 3.32. The van der Waals surface area contributed by atoms with Crippen molar-refractivity contribution in [1.29, 1.82) is 0 Å². The number of aldehydes is 1. The van der Waals surface area contributed by atoms with Crippen molar-refractivity contribution in [3.63, 3.8) is 0 Å². The van der Waals surface area contributed by atoms with E-state index in [0.29, 0.717) is 23.7 Å². The molecule has 0 spiro atoms. The summed E-state index contributed by atoms with van der Waals surface area (Å²) in [5, 5.41) is 8.50. The molecule has 0 aliphatic carbocycles. The molecule has 140 valence electrons. The molecule has 1 aliphatic rings. The fourth-order valence-corrected chi connectivity index (χ4v) is 3.71. The second kappa shape index (κ2) is 7.88. The number of likely N-dealkylation sites (tertiary alicyclic amines) is 1. The molecule has 0 aromatic carbocycles. The van der Waals surface area contributed by atoms with Gasteiger partial charge in [-0.25, -0.2) is 0 Å². The molecule has 4 heterocycles. The maximum absolute atomic E-state index is 11.5. The highest BCUT2D eigenvalue weighted by Gasteiger charge is 2.17. The van der Waals surface area contributed by atoms with Crippen molar-refractivity contribution in [3.8, 4) is 17.3 Å². The van der Waals surface area contributed by atoms with E-state index in [4.69, 9.17) is 4.74 Å². The Labute approximate surface area is 158 Å². The lowest BCUT2D eigenvalue weighted by Gasteiger charge is -2.28. The number of carbonyl (C=O) groups excluding carboxylic acids is 1. The summed E-state index contributed by atoms with van der Waals surface area (Å²) in [6, 6.07) is 11.4. The maximum atomic E-state index is 11.5. The third-order valence-electron chi connectivity index (χ3n) is 5.33. The smallest absolute Gasteiger partial charge is 0.233 e. The first-order valence-corrected chi connectivity index (χ1v) is 9.45. The average molecular weight is 364 g/mol. The van der Waals surface area contributed by atoms with Crippen LogP contribution in [0.15, 0.2) is 42.6 Å². The summed E-state index contributed by atoms with van der Waals surface area (Å²) in [5.41, 5.74) is 2.97. The molecular formula is C21H24N4O2. The molecule has 1 aliphatic heterocycles. The summed E-state index contributed by atoms with van der Waals surface area (Å²) in [4.78, 5) is 13.8. The number of pyridine rings is 1. The molecular weight excluding hydrogens is 340 g/mol. The van der Waals surface area contributed by atoms with Crippen LogP contribution in [-0.2, 0) is 0 Å². The lowest BCUT2D eigenvalue weighted by Crippen LogP contribution is -2.30. The summed E-state index contributed by atoms with van der Waals surface area (Å²) in [6.07, 6.45) is 6.30. The summed E-state index contributed by atoms with van der Waals surface area (Å²) < 4.78 is 7.74. The van der Waals surface area contributed by atoms with Gasteiger partial charge in [0.25, 0.3) is 0 Å². The fraction of sp³-hybridized carbons (Fsp3) is 0.381. The van der Waals surface area contributed by atoms with Crippen LogP contribution < -0.4 is 4.74 Å². The minimum absolute atomic E-state index is 0.528. The van der Waals surface area contributed by atoms with Crippen molar-refractivity contribution in [2.24, 2.45) is 5.92 Å². The minimum Gasteiger partial charge on any atom is -0.477 e. The number of ether oxygens (including phenoxy) is 1. The molecule has 3 aromatic rings. The molecule has 27 heavy (non-hydrogen) atoms. The molecule has 0 bridgehead atoms. The second-order valence-electron chi connectivity index (χ2n) is 7.20. The van der Waals surface area contributed by atoms with Gasteiger partial charge in [0.15, 0.2) is 6.29 Å². The van der Waals surface area contributed by atoms with Crippen molar-refractivity contribution in [3.05, 3.63) is 48.2 Å². The molecule has 0 amide bonds. The van der Waals surface area contributed by atoms with Crippen LogP contribution in [0.5, 0.6) is 5.88 Å². The Bertz CT molecular complexity index is 912. The van der Waals surface area contributed by atoms with Crippen molar-refractivity contribution in [2.75, 3.05) is 26.7 Å². The van der Waals surface area contributed by atoms with Crippen LogP contribution in [0, 0.1) is 5.92 Å². The third kappa shape index (κ3) is 3.85. The summed E-state index contributed by atoms with van der Waals surface area (Å²) in [5.74, 6) is 1.26. The van der Waals surface area contributed by atoms with Crippen LogP contribution in [0.25, 0.3) is 16.9 Å². The van der Waals surface area contributed by atoms with E-state index >= 15 is 0 Å². The number of piperidine rings is 1. The molecule has 6 heteroatoms. The topological polar surface area (TPSA) is 59.7 Å². The first kappa shape index (κ1) is 17.7. The molecule has 0 unspecified atom stereocenters. The summed E-state index contributed by atoms with van der Waals surface area (Å²) >= 11 is 0. The Morgan fingerprint density at radius 3 is 2.78 bits per heavy atom. The van der Waals surface area contributed by atoms with Crippen LogP contribution in [0.4, 0.5) is 0 Å². The van der Waals surface area contributed by atoms with E-state index in [9.17, 15) is 4.79 Å². The van der Waals surface area contributed by atoms with E-state index in [1.54, 1.807) is 0 Å². The minimum atomic E-state index is 0.528. The van der Waals surface area contributed by atoms with Gasteiger partial charge in [0, 0.05) is 23.3 Å². The first-order chi connectivity index (χ1) is 13.2. The number of hydrogen-bond donors (Lipinski definition) is 0. The molecule has 1 saturated heterocycles. The van der Waals surface area contributed by atoms with Crippen LogP contribution in [0.1, 0.15) is 29.6 Å². The van der Waals surface area contributed by atoms with Gasteiger partial charge in [-0.1, -0.05) is 6.07 Å². The maximum Gasteiger partial charge on any atom is 0.233 e. The average Bonchev–Trinajstić information content (AvgIpc) is 3.09. The van der Waals surface area contributed by atoms with Gasteiger partial charge in [0.1, 0.15) is 5.69 Å². The number of hydrogen-bond acceptors (Lipinski definition) is 5. The lowest BCUT2D eigenvalue weighted by molar-refractivity contribution is 0.112. The number of fused-ring (bicyclic) bond motifs is 1. The van der Waals surface area contributed by atoms with Gasteiger partial charge in [0.05, 0.1) is 12.3 Å². The molecule has 0 saturated carbocycles. The normalized spacial score (nSPS) is 15.9. The van der Waals surface area contributed by atoms with Gasteiger partial charge < -0.3 is 14.0 Å². The first-order valence-electron chi connectivity index (χ1n) is 9.45. The van der Waals surface area contributed by atoms with Crippen LogP contribution in [-0.4, -0.2) is 52.5 Å². The van der Waals surface area contributed by atoms with Crippen LogP contribution in [0.2, 0.25) is 0 Å². The molecule has 0 radical (unpaired) electrons. The molecule has 4 rings (SSSR count). The monoisotopic (exact) mass is 364 g/mol. The quantitative estimate of drug-likeness (QED) is 0.628. The van der Waals surface area contributed by atoms with E-state index < -0.39 is 0 Å². The molecule has 3 aromatic heterocycles. The standard InChI is InChI=1S/C21H24N4O2/c1-24-11-7-16(8-12-24)9-13-27-20-6-5-19(22-23-20)21-17(15-26)14-18-4-2-3-10-25(18)21/h2-6,10,14-16H,7-9,11-13H2,1H3. The van der Waals surface area contributed by atoms with E-state index in [2.05, 4.69) is 22.1 Å². The van der Waals surface area contributed by atoms with Crippen LogP contribution in [0.3, 0.4) is 0 Å². The highest BCUT2D eigenvalue weighted by Crippen LogP contribution is 2.26. The molecule has 0 N–H and O–H groups in total. The Hall–Kier alpha value is -2.73. The van der Waals surface area contributed by atoms with Gasteiger partial charge in [0.2, 0.25) is 5.88 Å². The van der Waals surface area contributed by atoms with Gasteiger partial charge >= 0.3 is 0 Å². The van der Waals surface area contributed by atoms with Gasteiger partial charge in [-0.15, -0.1) is 10.2 Å². The zero-order valence-corrected chi connectivity index (χ0v) is 15.5. The van der Waals surface area contributed by atoms with E-state index in [1.807, 2.05) is 47.0 Å². The summed E-state index contributed by atoms with van der Waals surface area (Å²) in [6.45, 7) is 3.00. The van der Waals surface area contributed by atoms with Crippen molar-refractivity contribution >= 4 is 11.8 Å². The molecule has 1 fully saturated rings. The van der Waals surface area contributed by atoms with Crippen molar-refractivity contribution in [1.82, 2.24) is 19.5 Å². The zero-order chi connectivity index (χ0) is 18.6. The number of carbonyl (C=O) groups is 1. The zero-order valence-electron chi connectivity index (χ0n) is 15.5. The van der Waals surface area contributed by atoms with Gasteiger partial charge in [-0.2, -0.15) is 0 Å². The van der Waals surface area contributed by atoms with Crippen LogP contribution >= 0.6 is 0 Å². The predicted molar refractivity (Wildman–Crippen MR) is 104 cm³/mol. The SMILES string of the molecule is CN1CCC(CCOc2ccc(-c3c(C=O)cc4ccccn34)nn2)CC1. The summed E-state index contributed by atoms with van der Waals surface area (Å²) in [7, 11) is 2.17. The lowest BCUT2D eigenvalue weighted by atomic mass is 9.94. The largest absolute Gasteiger partial charge is 0.477 e. The third-order valence-corrected chi connectivity index (χ3v) is 5.33. The fourth-order valence-electron chi connectivity index (χ4n) is 3.71. The number of aromatic nitrogens is 3. The Morgan fingerprint density at radius 1 is 1.19 bits per heavy atom. The number of nitrogens with zero attached hydrogens (tertiary/aromatic N) is 4.